The van der Waals surface area contributed by atoms with E-state index in [-0.39, 0.29) is 12.4 Å². The topological polar surface area (TPSA) is 77.9 Å². The molecule has 1 aliphatic rings. The number of rotatable bonds is 5. The van der Waals surface area contributed by atoms with Gasteiger partial charge in [-0.3, -0.25) is 0 Å². The lowest BCUT2D eigenvalue weighted by atomic mass is 9.94. The van der Waals surface area contributed by atoms with E-state index in [1.165, 1.54) is 0 Å². The lowest BCUT2D eigenvalue weighted by Crippen LogP contribution is -2.38. The number of aliphatic hydroxyl groups is 1. The highest BCUT2D eigenvalue weighted by molar-refractivity contribution is 6.31. The van der Waals surface area contributed by atoms with Gasteiger partial charge < -0.3 is 15.0 Å². The zero-order valence-corrected chi connectivity index (χ0v) is 16.5. The number of aromatic nitrogens is 4. The predicted molar refractivity (Wildman–Crippen MR) is 103 cm³/mol. The van der Waals surface area contributed by atoms with Crippen molar-refractivity contribution in [3.8, 4) is 0 Å². The fraction of sp³-hybridized carbons (Fsp3) is 0.421. The maximum atomic E-state index is 13.2. The quantitative estimate of drug-likeness (QED) is 0.556. The minimum absolute atomic E-state index is 0.216. The number of benzene rings is 1. The number of fused-ring (bicyclic) bond motifs is 3. The van der Waals surface area contributed by atoms with Crippen LogP contribution in [0.15, 0.2) is 18.2 Å². The van der Waals surface area contributed by atoms with Crippen molar-refractivity contribution in [2.24, 2.45) is 0 Å². The van der Waals surface area contributed by atoms with Crippen molar-refractivity contribution in [3.05, 3.63) is 46.1 Å². The van der Waals surface area contributed by atoms with Gasteiger partial charge in [0.05, 0.1) is 12.1 Å². The molecule has 6 nitrogen and oxygen atoms in total. The summed E-state index contributed by atoms with van der Waals surface area (Å²) in [6.45, 7) is 1.88. The summed E-state index contributed by atoms with van der Waals surface area (Å²) in [6.07, 6.45) is -6.27. The number of aromatic amines is 1. The van der Waals surface area contributed by atoms with Gasteiger partial charge in [0.25, 0.3) is 12.9 Å². The predicted octanol–water partition coefficient (Wildman–Crippen LogP) is 4.76. The number of nitrogens with zero attached hydrogens (tertiary/aromatic N) is 4. The molecule has 0 saturated heterocycles. The SMILES string of the molecule is C[C@H](O)C[C@@H]1c2[nH]c3ccc(Cl)cc3c2CCN1c1nc(C(F)F)nc(C(F)F)n1. The van der Waals surface area contributed by atoms with Gasteiger partial charge >= 0.3 is 0 Å². The molecule has 11 heteroatoms. The zero-order chi connectivity index (χ0) is 21.6. The summed E-state index contributed by atoms with van der Waals surface area (Å²) in [6, 6.07) is 4.86. The Kier molecular flexibility index (Phi) is 5.54. The Morgan fingerprint density at radius 1 is 1.17 bits per heavy atom. The van der Waals surface area contributed by atoms with E-state index in [1.54, 1.807) is 17.9 Å². The molecule has 0 bridgehead atoms. The molecule has 1 aromatic carbocycles. The van der Waals surface area contributed by atoms with Gasteiger partial charge in [0.2, 0.25) is 17.6 Å². The highest BCUT2D eigenvalue weighted by atomic mass is 35.5. The van der Waals surface area contributed by atoms with E-state index >= 15 is 0 Å². The Labute approximate surface area is 173 Å². The van der Waals surface area contributed by atoms with Crippen molar-refractivity contribution in [2.75, 3.05) is 11.4 Å². The molecule has 0 fully saturated rings. The van der Waals surface area contributed by atoms with E-state index < -0.39 is 36.6 Å². The maximum absolute atomic E-state index is 13.2. The third-order valence-corrected chi connectivity index (χ3v) is 5.32. The number of aliphatic hydroxyl groups excluding tert-OH is 1. The summed E-state index contributed by atoms with van der Waals surface area (Å²) >= 11 is 6.12. The van der Waals surface area contributed by atoms with Crippen LogP contribution < -0.4 is 4.90 Å². The summed E-state index contributed by atoms with van der Waals surface area (Å²) < 4.78 is 52.8. The van der Waals surface area contributed by atoms with E-state index in [9.17, 15) is 22.7 Å². The Morgan fingerprint density at radius 2 is 1.83 bits per heavy atom. The second kappa shape index (κ2) is 7.99. The monoisotopic (exact) mass is 443 g/mol. The Balaban J connectivity index is 1.84. The lowest BCUT2D eigenvalue weighted by Gasteiger charge is -2.36. The van der Waals surface area contributed by atoms with Gasteiger partial charge in [0.15, 0.2) is 0 Å². The highest BCUT2D eigenvalue weighted by Crippen LogP contribution is 2.39. The molecule has 2 atom stereocenters. The molecule has 0 unspecified atom stereocenters. The van der Waals surface area contributed by atoms with Crippen molar-refractivity contribution >= 4 is 28.5 Å². The smallest absolute Gasteiger partial charge is 0.297 e. The fourth-order valence-electron chi connectivity index (χ4n) is 3.87. The van der Waals surface area contributed by atoms with Gasteiger partial charge in [-0.05, 0) is 43.5 Å². The van der Waals surface area contributed by atoms with Crippen LogP contribution in [0, 0.1) is 0 Å². The van der Waals surface area contributed by atoms with Crippen LogP contribution in [0.1, 0.15) is 55.1 Å². The summed E-state index contributed by atoms with van der Waals surface area (Å²) in [5.74, 6) is -2.26. The molecule has 30 heavy (non-hydrogen) atoms. The van der Waals surface area contributed by atoms with Gasteiger partial charge in [-0.15, -0.1) is 0 Å². The number of hydrogen-bond acceptors (Lipinski definition) is 5. The Hall–Kier alpha value is -2.46. The first-order valence-electron chi connectivity index (χ1n) is 9.31. The van der Waals surface area contributed by atoms with Crippen LogP contribution in [0.2, 0.25) is 5.02 Å². The van der Waals surface area contributed by atoms with Crippen molar-refractivity contribution in [3.63, 3.8) is 0 Å². The third-order valence-electron chi connectivity index (χ3n) is 5.08. The standard InChI is InChI=1S/C19H18ClF4N5O/c1-8(30)6-13-14-10(11-7-9(20)2-3-12(11)25-14)4-5-29(13)19-27-17(15(21)22)26-18(28-19)16(23)24/h2-3,7-8,13,15-16,25,30H,4-6H2,1H3/t8-,13+/m0/s1. The second-order valence-electron chi connectivity index (χ2n) is 7.20. The van der Waals surface area contributed by atoms with E-state index in [2.05, 4.69) is 19.9 Å². The largest absolute Gasteiger partial charge is 0.393 e. The van der Waals surface area contributed by atoms with Crippen LogP contribution >= 0.6 is 11.6 Å². The van der Waals surface area contributed by atoms with E-state index in [1.807, 2.05) is 12.1 Å². The average Bonchev–Trinajstić information content (AvgIpc) is 3.05. The first kappa shape index (κ1) is 20.8. The van der Waals surface area contributed by atoms with Crippen LogP contribution in [0.4, 0.5) is 23.5 Å². The number of alkyl halides is 4. The average molecular weight is 444 g/mol. The van der Waals surface area contributed by atoms with Crippen LogP contribution in [0.25, 0.3) is 10.9 Å². The van der Waals surface area contributed by atoms with E-state index in [4.69, 9.17) is 11.6 Å². The van der Waals surface area contributed by atoms with Gasteiger partial charge in [0, 0.05) is 28.2 Å². The highest BCUT2D eigenvalue weighted by Gasteiger charge is 2.34. The van der Waals surface area contributed by atoms with Crippen LogP contribution in [0.3, 0.4) is 0 Å². The molecule has 160 valence electrons. The number of hydrogen-bond donors (Lipinski definition) is 2. The molecule has 0 aliphatic carbocycles. The molecule has 3 heterocycles. The minimum atomic E-state index is -3.12. The summed E-state index contributed by atoms with van der Waals surface area (Å²) in [7, 11) is 0. The number of nitrogens with one attached hydrogen (secondary N) is 1. The molecular weight excluding hydrogens is 426 g/mol. The molecule has 0 saturated carbocycles. The van der Waals surface area contributed by atoms with E-state index in [0.717, 1.165) is 22.2 Å². The number of H-pyrrole nitrogens is 1. The zero-order valence-electron chi connectivity index (χ0n) is 15.8. The lowest BCUT2D eigenvalue weighted by molar-refractivity contribution is 0.125. The van der Waals surface area contributed by atoms with Gasteiger partial charge in [-0.1, -0.05) is 11.6 Å². The van der Waals surface area contributed by atoms with E-state index in [0.29, 0.717) is 18.0 Å². The minimum Gasteiger partial charge on any atom is -0.393 e. The molecular formula is C19H18ClF4N5O. The summed E-state index contributed by atoms with van der Waals surface area (Å²) in [5.41, 5.74) is 2.56. The third kappa shape index (κ3) is 3.81. The molecule has 4 rings (SSSR count). The molecule has 3 aromatic rings. The van der Waals surface area contributed by atoms with Gasteiger partial charge in [-0.2, -0.15) is 9.97 Å². The molecule has 1 aliphatic heterocycles. The normalized spacial score (nSPS) is 17.8. The molecule has 0 spiro atoms. The first-order chi connectivity index (χ1) is 14.2. The van der Waals surface area contributed by atoms with Crippen molar-refractivity contribution in [1.29, 1.82) is 0 Å². The first-order valence-corrected chi connectivity index (χ1v) is 9.69. The number of anilines is 1. The van der Waals surface area contributed by atoms with Crippen LogP contribution in [0.5, 0.6) is 0 Å². The summed E-state index contributed by atoms with van der Waals surface area (Å²) in [4.78, 5) is 15.5. The second-order valence-corrected chi connectivity index (χ2v) is 7.64. The van der Waals surface area contributed by atoms with Crippen LogP contribution in [-0.4, -0.2) is 37.7 Å². The van der Waals surface area contributed by atoms with Crippen molar-refractivity contribution in [2.45, 2.75) is 44.8 Å². The van der Waals surface area contributed by atoms with Crippen molar-refractivity contribution in [1.82, 2.24) is 19.9 Å². The molecule has 2 N–H and O–H groups in total. The molecule has 0 amide bonds. The van der Waals surface area contributed by atoms with Gasteiger partial charge in [-0.25, -0.2) is 22.5 Å². The molecule has 0 radical (unpaired) electrons. The van der Waals surface area contributed by atoms with Gasteiger partial charge in [0.1, 0.15) is 0 Å². The summed E-state index contributed by atoms with van der Waals surface area (Å²) in [5, 5.41) is 11.5. The maximum Gasteiger partial charge on any atom is 0.297 e. The van der Waals surface area contributed by atoms with Crippen LogP contribution in [-0.2, 0) is 6.42 Å². The van der Waals surface area contributed by atoms with Crippen molar-refractivity contribution < 1.29 is 22.7 Å². The fourth-order valence-corrected chi connectivity index (χ4v) is 4.04. The number of halogens is 5. The molecule has 2 aromatic heterocycles. The Bertz CT molecular complexity index is 1050. The Morgan fingerprint density at radius 3 is 2.43 bits per heavy atom.